The van der Waals surface area contributed by atoms with Gasteiger partial charge in [-0.2, -0.15) is 0 Å². The zero-order chi connectivity index (χ0) is 14.7. The van der Waals surface area contributed by atoms with E-state index in [0.29, 0.717) is 6.54 Å². The first-order chi connectivity index (χ1) is 9.49. The lowest BCUT2D eigenvalue weighted by molar-refractivity contribution is -0.130. The number of halogens is 1. The number of nitrogens with one attached hydrogen (secondary N) is 2. The minimum Gasteiger partial charge on any atom is -0.348 e. The molecule has 0 aromatic rings. The summed E-state index contributed by atoms with van der Waals surface area (Å²) in [7, 11) is 3.56. The van der Waals surface area contributed by atoms with Gasteiger partial charge in [-0.15, -0.1) is 0 Å². The molecule has 2 atom stereocenters. The van der Waals surface area contributed by atoms with E-state index < -0.39 is 0 Å². The van der Waals surface area contributed by atoms with Crippen molar-refractivity contribution in [1.82, 2.24) is 25.6 Å². The highest BCUT2D eigenvalue weighted by atomic mass is 79.9. The smallest absolute Gasteiger partial charge is 0.249 e. The lowest BCUT2D eigenvalue weighted by Crippen LogP contribution is -2.64. The molecule has 2 fully saturated rings. The van der Waals surface area contributed by atoms with Crippen LogP contribution in [-0.4, -0.2) is 90.7 Å². The molecule has 2 N–H and O–H groups in total. The molecule has 2 heterocycles. The van der Waals surface area contributed by atoms with Crippen LogP contribution in [0.3, 0.4) is 0 Å². The van der Waals surface area contributed by atoms with Crippen molar-refractivity contribution in [3.8, 4) is 0 Å². The second-order valence-electron chi connectivity index (χ2n) is 5.44. The number of carbonyl (C=O) groups is 2. The van der Waals surface area contributed by atoms with Gasteiger partial charge in [-0.3, -0.25) is 24.8 Å². The summed E-state index contributed by atoms with van der Waals surface area (Å²) in [5, 5.41) is 0. The Balaban J connectivity index is 1.82. The first-order valence-electron chi connectivity index (χ1n) is 6.82. The van der Waals surface area contributed by atoms with Crippen molar-refractivity contribution in [1.29, 1.82) is 0 Å². The number of alkyl halides is 1. The minimum atomic E-state index is -0.182. The summed E-state index contributed by atoms with van der Waals surface area (Å²) in [6.07, 6.45) is 0. The standard InChI is InChI=1S/C12H22BrN5O2/c1-16(2)10(19)8-17-3-5-18(6-4-17)9-7-14-15-12(20)11(9)13/h9,11,14H,3-8H2,1-2H3,(H,15,20). The SMILES string of the molecule is CN(C)C(=O)CN1CCN(C2CNNC(=O)C2Br)CC1. The van der Waals surface area contributed by atoms with E-state index in [2.05, 4.69) is 36.6 Å². The van der Waals surface area contributed by atoms with Crippen molar-refractivity contribution in [3.63, 3.8) is 0 Å². The second-order valence-corrected chi connectivity index (χ2v) is 6.43. The van der Waals surface area contributed by atoms with E-state index >= 15 is 0 Å². The molecule has 0 bridgehead atoms. The highest BCUT2D eigenvalue weighted by Gasteiger charge is 2.35. The number of hydrogen-bond donors (Lipinski definition) is 2. The molecule has 0 aromatic carbocycles. The number of nitrogens with zero attached hydrogens (tertiary/aromatic N) is 3. The Morgan fingerprint density at radius 1 is 1.35 bits per heavy atom. The van der Waals surface area contributed by atoms with Crippen LogP contribution in [0.2, 0.25) is 0 Å². The van der Waals surface area contributed by atoms with Crippen molar-refractivity contribution in [2.45, 2.75) is 10.9 Å². The Morgan fingerprint density at radius 3 is 2.60 bits per heavy atom. The van der Waals surface area contributed by atoms with E-state index in [9.17, 15) is 9.59 Å². The molecule has 2 rings (SSSR count). The fourth-order valence-electron chi connectivity index (χ4n) is 2.49. The molecule has 114 valence electrons. The summed E-state index contributed by atoms with van der Waals surface area (Å²) < 4.78 is 0. The first-order valence-corrected chi connectivity index (χ1v) is 7.74. The molecule has 8 heteroatoms. The Hall–Kier alpha value is -0.700. The summed E-state index contributed by atoms with van der Waals surface area (Å²) in [6.45, 7) is 4.68. The summed E-state index contributed by atoms with van der Waals surface area (Å²) >= 11 is 3.46. The molecule has 2 amide bonds. The van der Waals surface area contributed by atoms with Crippen LogP contribution >= 0.6 is 15.9 Å². The Bertz CT molecular complexity index is 371. The van der Waals surface area contributed by atoms with Gasteiger partial charge >= 0.3 is 0 Å². The third-order valence-electron chi connectivity index (χ3n) is 3.84. The first kappa shape index (κ1) is 15.7. The molecule has 0 aliphatic carbocycles. The third kappa shape index (κ3) is 3.69. The van der Waals surface area contributed by atoms with Crippen LogP contribution in [0.15, 0.2) is 0 Å². The van der Waals surface area contributed by atoms with Crippen molar-refractivity contribution < 1.29 is 9.59 Å². The van der Waals surface area contributed by atoms with Gasteiger partial charge in [-0.05, 0) is 0 Å². The molecule has 0 radical (unpaired) electrons. The predicted octanol–water partition coefficient (Wildman–Crippen LogP) is -1.54. The average molecular weight is 348 g/mol. The third-order valence-corrected chi connectivity index (χ3v) is 4.87. The maximum atomic E-state index is 11.7. The van der Waals surface area contributed by atoms with Gasteiger partial charge in [0.2, 0.25) is 11.8 Å². The summed E-state index contributed by atoms with van der Waals surface area (Å²) in [5.41, 5.74) is 5.55. The summed E-state index contributed by atoms with van der Waals surface area (Å²) in [4.78, 5) is 29.2. The Kier molecular flexibility index (Phi) is 5.36. The Labute approximate surface area is 127 Å². The maximum Gasteiger partial charge on any atom is 0.249 e. The quantitative estimate of drug-likeness (QED) is 0.605. The van der Waals surface area contributed by atoms with Crippen molar-refractivity contribution >= 4 is 27.7 Å². The zero-order valence-electron chi connectivity index (χ0n) is 11.9. The highest BCUT2D eigenvalue weighted by Crippen LogP contribution is 2.17. The van der Waals surface area contributed by atoms with E-state index in [0.717, 1.165) is 32.7 Å². The van der Waals surface area contributed by atoms with Gasteiger partial charge in [0.05, 0.1) is 6.54 Å². The van der Waals surface area contributed by atoms with Crippen molar-refractivity contribution in [2.24, 2.45) is 0 Å². The van der Waals surface area contributed by atoms with Crippen LogP contribution in [-0.2, 0) is 9.59 Å². The molecule has 0 spiro atoms. The van der Waals surface area contributed by atoms with Crippen LogP contribution in [0.4, 0.5) is 0 Å². The van der Waals surface area contributed by atoms with Crippen LogP contribution in [0.1, 0.15) is 0 Å². The zero-order valence-corrected chi connectivity index (χ0v) is 13.5. The number of rotatable bonds is 3. The maximum absolute atomic E-state index is 11.7. The van der Waals surface area contributed by atoms with E-state index in [1.165, 1.54) is 0 Å². The molecule has 2 aliphatic heterocycles. The van der Waals surface area contributed by atoms with E-state index in [1.807, 2.05) is 0 Å². The number of carbonyl (C=O) groups excluding carboxylic acids is 2. The number of hydrogen-bond acceptors (Lipinski definition) is 5. The lowest BCUT2D eigenvalue weighted by Gasteiger charge is -2.42. The van der Waals surface area contributed by atoms with E-state index in [-0.39, 0.29) is 22.7 Å². The number of likely N-dealkylation sites (N-methyl/N-ethyl adjacent to an activating group) is 1. The van der Waals surface area contributed by atoms with Gasteiger partial charge in [0.15, 0.2) is 0 Å². The minimum absolute atomic E-state index is 0.0218. The fraction of sp³-hybridized carbons (Fsp3) is 0.833. The Morgan fingerprint density at radius 2 is 2.00 bits per heavy atom. The van der Waals surface area contributed by atoms with E-state index in [1.54, 1.807) is 19.0 Å². The molecule has 0 aromatic heterocycles. The predicted molar refractivity (Wildman–Crippen MR) is 79.4 cm³/mol. The molecule has 0 saturated carbocycles. The molecule has 20 heavy (non-hydrogen) atoms. The van der Waals surface area contributed by atoms with Crippen LogP contribution in [0.25, 0.3) is 0 Å². The largest absolute Gasteiger partial charge is 0.348 e. The topological polar surface area (TPSA) is 67.9 Å². The summed E-state index contributed by atoms with van der Waals surface area (Å²) in [5.74, 6) is 0.113. The monoisotopic (exact) mass is 347 g/mol. The van der Waals surface area contributed by atoms with Crippen molar-refractivity contribution in [3.05, 3.63) is 0 Å². The van der Waals surface area contributed by atoms with Crippen LogP contribution in [0.5, 0.6) is 0 Å². The molecule has 7 nitrogen and oxygen atoms in total. The highest BCUT2D eigenvalue weighted by molar-refractivity contribution is 9.10. The van der Waals surface area contributed by atoms with Gasteiger partial charge in [0.25, 0.3) is 0 Å². The summed E-state index contributed by atoms with van der Waals surface area (Å²) in [6, 6.07) is 0.162. The molecule has 2 aliphatic rings. The van der Waals surface area contributed by atoms with E-state index in [4.69, 9.17) is 0 Å². The lowest BCUT2D eigenvalue weighted by atomic mass is 10.1. The normalized spacial score (nSPS) is 29.1. The molecular weight excluding hydrogens is 326 g/mol. The van der Waals surface area contributed by atoms with Gasteiger partial charge in [0, 0.05) is 52.9 Å². The fourth-order valence-corrected chi connectivity index (χ4v) is 3.13. The van der Waals surface area contributed by atoms with Crippen LogP contribution in [0, 0.1) is 0 Å². The average Bonchev–Trinajstić information content (AvgIpc) is 2.43. The second kappa shape index (κ2) is 6.84. The number of amides is 2. The van der Waals surface area contributed by atoms with Gasteiger partial charge < -0.3 is 4.90 Å². The molecule has 2 unspecified atom stereocenters. The number of hydrazine groups is 1. The van der Waals surface area contributed by atoms with Gasteiger partial charge in [0.1, 0.15) is 4.83 Å². The molecule has 2 saturated heterocycles. The van der Waals surface area contributed by atoms with Gasteiger partial charge in [-0.1, -0.05) is 15.9 Å². The van der Waals surface area contributed by atoms with Crippen LogP contribution < -0.4 is 10.9 Å². The molecular formula is C12H22BrN5O2. The van der Waals surface area contributed by atoms with Crippen molar-refractivity contribution in [2.75, 3.05) is 53.4 Å². The number of piperazine rings is 1. The van der Waals surface area contributed by atoms with Gasteiger partial charge in [-0.25, -0.2) is 5.43 Å².